The number of hydrogen-bond donors (Lipinski definition) is 1. The smallest absolute Gasteiger partial charge is 0.188 e. The Bertz CT molecular complexity index is 384. The summed E-state index contributed by atoms with van der Waals surface area (Å²) in [7, 11) is 1.82. The second kappa shape index (κ2) is 5.32. The molecule has 18 heavy (non-hydrogen) atoms. The van der Waals surface area contributed by atoms with E-state index < -0.39 is 0 Å². The van der Waals surface area contributed by atoms with E-state index in [1.54, 1.807) is 0 Å². The van der Waals surface area contributed by atoms with Gasteiger partial charge >= 0.3 is 0 Å². The Morgan fingerprint density at radius 2 is 2.28 bits per heavy atom. The Morgan fingerprint density at radius 3 is 3.00 bits per heavy atom. The number of likely N-dealkylation sites (tertiary alicyclic amines) is 1. The summed E-state index contributed by atoms with van der Waals surface area (Å²) in [6.07, 6.45) is 5.35. The highest BCUT2D eigenvalue weighted by atomic mass is 15.6. The van der Waals surface area contributed by atoms with Crippen molar-refractivity contribution < 1.29 is 0 Å². The summed E-state index contributed by atoms with van der Waals surface area (Å²) in [5.74, 6) is 1.65. The minimum Gasteiger partial charge on any atom is -0.314 e. The Kier molecular flexibility index (Phi) is 3.56. The van der Waals surface area contributed by atoms with E-state index in [1.807, 2.05) is 7.05 Å². The molecule has 0 bridgehead atoms. The van der Waals surface area contributed by atoms with Gasteiger partial charge in [-0.2, -0.15) is 4.80 Å². The summed E-state index contributed by atoms with van der Waals surface area (Å²) in [5.41, 5.74) is 0. The third-order valence-electron chi connectivity index (χ3n) is 4.12. The topological polar surface area (TPSA) is 58.9 Å². The number of piperidine rings is 1. The highest BCUT2D eigenvalue weighted by Gasteiger charge is 2.29. The first-order valence-electron chi connectivity index (χ1n) is 7.00. The van der Waals surface area contributed by atoms with Crippen LogP contribution in [0.1, 0.15) is 31.5 Å². The number of nitrogens with zero attached hydrogens (tertiary/aromatic N) is 5. The highest BCUT2D eigenvalue weighted by Crippen LogP contribution is 2.25. The van der Waals surface area contributed by atoms with Crippen molar-refractivity contribution in [3.63, 3.8) is 0 Å². The summed E-state index contributed by atoms with van der Waals surface area (Å²) in [6.45, 7) is 4.39. The predicted molar refractivity (Wildman–Crippen MR) is 67.8 cm³/mol. The molecule has 2 fully saturated rings. The molecule has 0 radical (unpaired) electrons. The molecule has 0 amide bonds. The van der Waals surface area contributed by atoms with E-state index in [0.29, 0.717) is 0 Å². The van der Waals surface area contributed by atoms with Crippen LogP contribution in [-0.4, -0.2) is 50.8 Å². The van der Waals surface area contributed by atoms with Gasteiger partial charge in [-0.05, 0) is 49.9 Å². The Labute approximate surface area is 108 Å². The Balaban J connectivity index is 1.56. The lowest BCUT2D eigenvalue weighted by Crippen LogP contribution is -2.43. The van der Waals surface area contributed by atoms with Gasteiger partial charge in [0.2, 0.25) is 0 Å². The number of hydrogen-bond acceptors (Lipinski definition) is 5. The summed E-state index contributed by atoms with van der Waals surface area (Å²) in [6, 6.07) is 0.739. The number of nitrogens with one attached hydrogen (secondary N) is 1. The highest BCUT2D eigenvalue weighted by molar-refractivity contribution is 4.88. The molecule has 2 unspecified atom stereocenters. The van der Waals surface area contributed by atoms with E-state index in [9.17, 15) is 0 Å². The molecule has 6 heteroatoms. The van der Waals surface area contributed by atoms with Crippen molar-refractivity contribution >= 4 is 0 Å². The van der Waals surface area contributed by atoms with Crippen molar-refractivity contribution in [2.75, 3.05) is 19.6 Å². The van der Waals surface area contributed by atoms with E-state index in [0.717, 1.165) is 24.3 Å². The minimum absolute atomic E-state index is 0.739. The van der Waals surface area contributed by atoms with Crippen molar-refractivity contribution in [2.24, 2.45) is 13.0 Å². The molecule has 1 aromatic heterocycles. The molecular weight excluding hydrogens is 228 g/mol. The third kappa shape index (κ3) is 2.70. The van der Waals surface area contributed by atoms with Crippen molar-refractivity contribution in [1.82, 2.24) is 30.4 Å². The lowest BCUT2D eigenvalue weighted by atomic mass is 9.90. The molecular formula is C12H22N6. The molecule has 2 aliphatic heterocycles. The van der Waals surface area contributed by atoms with Gasteiger partial charge in [-0.25, -0.2) is 0 Å². The third-order valence-corrected chi connectivity index (χ3v) is 4.12. The van der Waals surface area contributed by atoms with Crippen LogP contribution >= 0.6 is 0 Å². The van der Waals surface area contributed by atoms with Gasteiger partial charge < -0.3 is 5.32 Å². The summed E-state index contributed by atoms with van der Waals surface area (Å²) < 4.78 is 0. The van der Waals surface area contributed by atoms with Crippen LogP contribution in [-0.2, 0) is 13.6 Å². The van der Waals surface area contributed by atoms with Gasteiger partial charge in [-0.3, -0.25) is 4.90 Å². The molecule has 0 aromatic carbocycles. The maximum absolute atomic E-state index is 4.26. The van der Waals surface area contributed by atoms with Gasteiger partial charge in [0, 0.05) is 12.6 Å². The van der Waals surface area contributed by atoms with Gasteiger partial charge in [0.25, 0.3) is 0 Å². The number of rotatable bonds is 3. The van der Waals surface area contributed by atoms with Crippen LogP contribution in [0.25, 0.3) is 0 Å². The zero-order valence-corrected chi connectivity index (χ0v) is 11.0. The molecule has 3 rings (SSSR count). The average Bonchev–Trinajstić information content (AvgIpc) is 3.01. The molecule has 2 saturated heterocycles. The zero-order chi connectivity index (χ0) is 12.4. The number of aromatic nitrogens is 4. The predicted octanol–water partition coefficient (Wildman–Crippen LogP) is 0.174. The maximum Gasteiger partial charge on any atom is 0.188 e. The minimum atomic E-state index is 0.739. The van der Waals surface area contributed by atoms with E-state index in [1.165, 1.54) is 50.1 Å². The summed E-state index contributed by atoms with van der Waals surface area (Å²) in [4.78, 5) is 4.01. The van der Waals surface area contributed by atoms with Crippen LogP contribution < -0.4 is 5.32 Å². The Hall–Kier alpha value is -1.01. The van der Waals surface area contributed by atoms with Crippen LogP contribution in [0.3, 0.4) is 0 Å². The molecule has 0 aliphatic carbocycles. The van der Waals surface area contributed by atoms with Crippen LogP contribution in [0.2, 0.25) is 0 Å². The fraction of sp³-hybridized carbons (Fsp3) is 0.917. The van der Waals surface area contributed by atoms with Crippen LogP contribution in [0.4, 0.5) is 0 Å². The lowest BCUT2D eigenvalue weighted by molar-refractivity contribution is 0.142. The van der Waals surface area contributed by atoms with Crippen molar-refractivity contribution in [1.29, 1.82) is 0 Å². The van der Waals surface area contributed by atoms with Crippen LogP contribution in [0.15, 0.2) is 0 Å². The summed E-state index contributed by atoms with van der Waals surface area (Å²) in [5, 5.41) is 15.9. The van der Waals surface area contributed by atoms with E-state index in [-0.39, 0.29) is 0 Å². The zero-order valence-electron chi connectivity index (χ0n) is 11.0. The fourth-order valence-electron chi connectivity index (χ4n) is 3.26. The first-order valence-corrected chi connectivity index (χ1v) is 7.00. The summed E-state index contributed by atoms with van der Waals surface area (Å²) >= 11 is 0. The second-order valence-corrected chi connectivity index (χ2v) is 5.54. The van der Waals surface area contributed by atoms with E-state index >= 15 is 0 Å². The van der Waals surface area contributed by atoms with Gasteiger partial charge in [-0.15, -0.1) is 10.2 Å². The maximum atomic E-state index is 4.26. The van der Waals surface area contributed by atoms with Crippen molar-refractivity contribution in [2.45, 2.75) is 38.3 Å². The van der Waals surface area contributed by atoms with E-state index in [4.69, 9.17) is 0 Å². The molecule has 6 nitrogen and oxygen atoms in total. The first kappa shape index (κ1) is 12.0. The molecule has 1 N–H and O–H groups in total. The van der Waals surface area contributed by atoms with Crippen molar-refractivity contribution in [3.05, 3.63) is 5.82 Å². The number of aryl methyl sites for hydroxylation is 1. The lowest BCUT2D eigenvalue weighted by Gasteiger charge is -2.35. The van der Waals surface area contributed by atoms with E-state index in [2.05, 4.69) is 25.6 Å². The molecule has 3 heterocycles. The van der Waals surface area contributed by atoms with Crippen molar-refractivity contribution in [3.8, 4) is 0 Å². The first-order chi connectivity index (χ1) is 8.81. The monoisotopic (exact) mass is 250 g/mol. The van der Waals surface area contributed by atoms with Gasteiger partial charge in [-0.1, -0.05) is 0 Å². The quantitative estimate of drug-likeness (QED) is 0.829. The SMILES string of the molecule is Cn1nnc(CN2CCCC(C3CCCN3)C2)n1. The van der Waals surface area contributed by atoms with Gasteiger partial charge in [0.05, 0.1) is 13.6 Å². The second-order valence-electron chi connectivity index (χ2n) is 5.54. The average molecular weight is 250 g/mol. The van der Waals surface area contributed by atoms with Crippen LogP contribution in [0, 0.1) is 5.92 Å². The molecule has 2 aliphatic rings. The molecule has 2 atom stereocenters. The molecule has 0 saturated carbocycles. The molecule has 0 spiro atoms. The Morgan fingerprint density at radius 1 is 1.33 bits per heavy atom. The van der Waals surface area contributed by atoms with Gasteiger partial charge in [0.1, 0.15) is 0 Å². The molecule has 1 aromatic rings. The van der Waals surface area contributed by atoms with Crippen LogP contribution in [0.5, 0.6) is 0 Å². The fourth-order valence-corrected chi connectivity index (χ4v) is 3.26. The number of tetrazole rings is 1. The standard InChI is InChI=1S/C12H22N6/c1-17-15-12(14-16-17)9-18-7-3-4-10(8-18)11-5-2-6-13-11/h10-11,13H,2-9H2,1H3. The van der Waals surface area contributed by atoms with Gasteiger partial charge in [0.15, 0.2) is 5.82 Å². The molecule has 100 valence electrons. The largest absolute Gasteiger partial charge is 0.314 e. The normalized spacial score (nSPS) is 29.8.